The maximum absolute atomic E-state index is 11.6. The van der Waals surface area contributed by atoms with E-state index in [0.29, 0.717) is 39.2 Å². The Morgan fingerprint density at radius 1 is 1.21 bits per heavy atom. The third-order valence-electron chi connectivity index (χ3n) is 5.77. The summed E-state index contributed by atoms with van der Waals surface area (Å²) in [5.74, 6) is 1.32. The molecule has 2 aromatic heterocycles. The zero-order valence-electron chi connectivity index (χ0n) is 18.6. The standard InChI is InChI=1S/C26H24ClN5O2/c1-2-22(33)29-19-6-5-7-20(14-19)34-24-21(27)15-28-26-23(24)30-25(31-26)18-10-8-17(9-11-18)16-32-12-3-4-13-32/h2,5-11,14-15H,1,3-4,12-13,16H2,(H,29,33)(H,28,30,31). The van der Waals surface area contributed by atoms with E-state index >= 15 is 0 Å². The second kappa shape index (κ2) is 9.67. The van der Waals surface area contributed by atoms with Crippen LogP contribution in [0.3, 0.4) is 0 Å². The number of H-pyrrole nitrogens is 1. The Morgan fingerprint density at radius 3 is 2.76 bits per heavy atom. The number of amides is 1. The van der Waals surface area contributed by atoms with Gasteiger partial charge in [-0.2, -0.15) is 0 Å². The molecule has 0 unspecified atom stereocenters. The Balaban J connectivity index is 1.40. The zero-order chi connectivity index (χ0) is 23.5. The Hall–Kier alpha value is -3.68. The number of nitrogens with one attached hydrogen (secondary N) is 2. The lowest BCUT2D eigenvalue weighted by Crippen LogP contribution is -2.18. The van der Waals surface area contributed by atoms with Crippen LogP contribution in [0.25, 0.3) is 22.6 Å². The van der Waals surface area contributed by atoms with E-state index in [1.54, 1.807) is 24.3 Å². The molecule has 1 saturated heterocycles. The molecule has 2 N–H and O–H groups in total. The molecule has 0 aliphatic carbocycles. The molecule has 4 aromatic rings. The van der Waals surface area contributed by atoms with Crippen LogP contribution in [-0.2, 0) is 11.3 Å². The van der Waals surface area contributed by atoms with Crippen LogP contribution in [0.1, 0.15) is 18.4 Å². The van der Waals surface area contributed by atoms with Crippen LogP contribution >= 0.6 is 11.6 Å². The summed E-state index contributed by atoms with van der Waals surface area (Å²) in [7, 11) is 0. The van der Waals surface area contributed by atoms with Crippen molar-refractivity contribution >= 4 is 34.4 Å². The van der Waals surface area contributed by atoms with Gasteiger partial charge >= 0.3 is 0 Å². The molecular weight excluding hydrogens is 450 g/mol. The first-order valence-corrected chi connectivity index (χ1v) is 11.5. The number of aromatic amines is 1. The van der Waals surface area contributed by atoms with Gasteiger partial charge in [-0.15, -0.1) is 0 Å². The molecular formula is C26H24ClN5O2. The molecule has 5 rings (SSSR count). The van der Waals surface area contributed by atoms with Crippen molar-refractivity contribution in [2.24, 2.45) is 0 Å². The third kappa shape index (κ3) is 4.81. The molecule has 1 amide bonds. The molecule has 7 nitrogen and oxygen atoms in total. The second-order valence-corrected chi connectivity index (χ2v) is 8.63. The first-order chi connectivity index (χ1) is 16.6. The molecule has 0 radical (unpaired) electrons. The highest BCUT2D eigenvalue weighted by molar-refractivity contribution is 6.32. The van der Waals surface area contributed by atoms with Crippen molar-refractivity contribution in [1.82, 2.24) is 19.9 Å². The molecule has 172 valence electrons. The van der Waals surface area contributed by atoms with Crippen molar-refractivity contribution in [2.45, 2.75) is 19.4 Å². The summed E-state index contributed by atoms with van der Waals surface area (Å²) in [5, 5.41) is 3.07. The molecule has 34 heavy (non-hydrogen) atoms. The number of anilines is 1. The van der Waals surface area contributed by atoms with Crippen molar-refractivity contribution in [3.8, 4) is 22.9 Å². The average molecular weight is 474 g/mol. The maximum Gasteiger partial charge on any atom is 0.247 e. The first kappa shape index (κ1) is 22.1. The Morgan fingerprint density at radius 2 is 2.00 bits per heavy atom. The minimum absolute atomic E-state index is 0.300. The van der Waals surface area contributed by atoms with Gasteiger partial charge in [-0.1, -0.05) is 48.5 Å². The summed E-state index contributed by atoms with van der Waals surface area (Å²) in [5.41, 5.74) is 3.94. The van der Waals surface area contributed by atoms with Gasteiger partial charge in [0.25, 0.3) is 0 Å². The first-order valence-electron chi connectivity index (χ1n) is 11.2. The number of carbonyl (C=O) groups is 1. The van der Waals surface area contributed by atoms with E-state index in [4.69, 9.17) is 16.3 Å². The largest absolute Gasteiger partial charge is 0.453 e. The molecule has 8 heteroatoms. The number of ether oxygens (including phenoxy) is 1. The number of imidazole rings is 1. The molecule has 2 aromatic carbocycles. The maximum atomic E-state index is 11.6. The number of fused-ring (bicyclic) bond motifs is 1. The quantitative estimate of drug-likeness (QED) is 0.332. The summed E-state index contributed by atoms with van der Waals surface area (Å²) in [4.78, 5) is 26.4. The van der Waals surface area contributed by atoms with E-state index in [0.717, 1.165) is 12.1 Å². The van der Waals surface area contributed by atoms with Crippen LogP contribution in [0.5, 0.6) is 11.5 Å². The van der Waals surface area contributed by atoms with E-state index in [9.17, 15) is 4.79 Å². The fraction of sp³-hybridized carbons (Fsp3) is 0.192. The number of benzene rings is 2. The highest BCUT2D eigenvalue weighted by Crippen LogP contribution is 2.36. The average Bonchev–Trinajstić information content (AvgIpc) is 3.52. The van der Waals surface area contributed by atoms with Crippen LogP contribution < -0.4 is 10.1 Å². The van der Waals surface area contributed by atoms with E-state index < -0.39 is 0 Å². The van der Waals surface area contributed by atoms with Gasteiger partial charge in [0.05, 0.1) is 6.20 Å². The molecule has 0 spiro atoms. The van der Waals surface area contributed by atoms with E-state index in [1.165, 1.54) is 43.8 Å². The summed E-state index contributed by atoms with van der Waals surface area (Å²) in [6.45, 7) is 6.78. The number of carbonyl (C=O) groups excluding carboxylic acids is 1. The number of pyridine rings is 1. The van der Waals surface area contributed by atoms with E-state index in [-0.39, 0.29) is 5.91 Å². The molecule has 0 saturated carbocycles. The van der Waals surface area contributed by atoms with E-state index in [2.05, 4.69) is 56.0 Å². The van der Waals surface area contributed by atoms with Crippen LogP contribution in [-0.4, -0.2) is 38.8 Å². The highest BCUT2D eigenvalue weighted by atomic mass is 35.5. The van der Waals surface area contributed by atoms with E-state index in [1.807, 2.05) is 0 Å². The van der Waals surface area contributed by atoms with Gasteiger partial charge in [0.1, 0.15) is 22.1 Å². The fourth-order valence-corrected chi connectivity index (χ4v) is 4.25. The van der Waals surface area contributed by atoms with Gasteiger partial charge in [-0.25, -0.2) is 9.97 Å². The van der Waals surface area contributed by atoms with Crippen molar-refractivity contribution in [3.05, 3.63) is 78.0 Å². The normalized spacial score (nSPS) is 13.8. The van der Waals surface area contributed by atoms with Crippen molar-refractivity contribution < 1.29 is 9.53 Å². The molecule has 0 atom stereocenters. The van der Waals surface area contributed by atoms with Crippen molar-refractivity contribution in [1.29, 1.82) is 0 Å². The van der Waals surface area contributed by atoms with Gasteiger partial charge in [0.2, 0.25) is 5.91 Å². The number of hydrogen-bond donors (Lipinski definition) is 2. The predicted molar refractivity (Wildman–Crippen MR) is 134 cm³/mol. The Bertz CT molecular complexity index is 1340. The van der Waals surface area contributed by atoms with Crippen LogP contribution in [0.4, 0.5) is 5.69 Å². The topological polar surface area (TPSA) is 83.1 Å². The van der Waals surface area contributed by atoms with Crippen LogP contribution in [0.15, 0.2) is 67.4 Å². The van der Waals surface area contributed by atoms with Crippen molar-refractivity contribution in [3.63, 3.8) is 0 Å². The van der Waals surface area contributed by atoms with Gasteiger partial charge < -0.3 is 15.0 Å². The number of hydrogen-bond acceptors (Lipinski definition) is 5. The van der Waals surface area contributed by atoms with Crippen LogP contribution in [0.2, 0.25) is 5.02 Å². The summed E-state index contributed by atoms with van der Waals surface area (Å²) in [6.07, 6.45) is 5.30. The second-order valence-electron chi connectivity index (χ2n) is 8.22. The molecule has 0 bridgehead atoms. The van der Waals surface area contributed by atoms with Gasteiger partial charge in [-0.05, 0) is 49.7 Å². The smallest absolute Gasteiger partial charge is 0.247 e. The molecule has 1 aliphatic heterocycles. The van der Waals surface area contributed by atoms with Gasteiger partial charge in [0, 0.05) is 23.9 Å². The SMILES string of the molecule is C=CC(=O)Nc1cccc(Oc2c(Cl)cnc3nc(-c4ccc(CN5CCCC5)cc4)[nH]c23)c1. The lowest BCUT2D eigenvalue weighted by molar-refractivity contribution is -0.111. The predicted octanol–water partition coefficient (Wildman–Crippen LogP) is 5.79. The third-order valence-corrected chi connectivity index (χ3v) is 6.04. The van der Waals surface area contributed by atoms with Gasteiger partial charge in [-0.3, -0.25) is 9.69 Å². The van der Waals surface area contributed by atoms with Crippen LogP contribution in [0, 0.1) is 0 Å². The lowest BCUT2D eigenvalue weighted by Gasteiger charge is -2.14. The molecule has 1 aliphatic rings. The Labute approximate surface area is 202 Å². The summed E-state index contributed by atoms with van der Waals surface area (Å²) in [6, 6.07) is 15.4. The number of likely N-dealkylation sites (tertiary alicyclic amines) is 1. The zero-order valence-corrected chi connectivity index (χ0v) is 19.3. The number of halogens is 1. The fourth-order valence-electron chi connectivity index (χ4n) is 4.06. The lowest BCUT2D eigenvalue weighted by atomic mass is 10.1. The minimum atomic E-state index is -0.300. The van der Waals surface area contributed by atoms with Crippen molar-refractivity contribution in [2.75, 3.05) is 18.4 Å². The summed E-state index contributed by atoms with van der Waals surface area (Å²) >= 11 is 6.43. The van der Waals surface area contributed by atoms with Gasteiger partial charge in [0.15, 0.2) is 11.4 Å². The minimum Gasteiger partial charge on any atom is -0.453 e. The molecule has 3 heterocycles. The number of rotatable bonds is 7. The monoisotopic (exact) mass is 473 g/mol. The Kier molecular flexibility index (Phi) is 6.29. The summed E-state index contributed by atoms with van der Waals surface area (Å²) < 4.78 is 6.10. The highest BCUT2D eigenvalue weighted by Gasteiger charge is 2.16. The molecule has 1 fully saturated rings. The number of aromatic nitrogens is 3. The number of nitrogens with zero attached hydrogens (tertiary/aromatic N) is 3.